The first-order valence-electron chi connectivity index (χ1n) is 5.26. The maximum Gasteiger partial charge on any atom is 0.322 e. The first kappa shape index (κ1) is 13.0. The third-order valence-corrected chi connectivity index (χ3v) is 2.10. The standard InChI is InChI=1S/C12H13FN2O2/c1-2-17-11-4-3-9(7-10(11)13)5-6-15-12(16)8-14/h3-4,7H,2,5-6H2,1H3,(H,15,16). The molecule has 0 spiro atoms. The van der Waals surface area contributed by atoms with Crippen LogP contribution in [0.1, 0.15) is 12.5 Å². The molecule has 5 heteroatoms. The SMILES string of the molecule is CCOc1ccc(CCNC(=O)C#N)cc1F. The zero-order valence-electron chi connectivity index (χ0n) is 9.50. The molecule has 4 nitrogen and oxygen atoms in total. The molecule has 0 atom stereocenters. The van der Waals surface area contributed by atoms with Gasteiger partial charge in [-0.25, -0.2) is 4.39 Å². The number of benzene rings is 1. The predicted molar refractivity (Wildman–Crippen MR) is 59.9 cm³/mol. The third-order valence-electron chi connectivity index (χ3n) is 2.10. The van der Waals surface area contributed by atoms with E-state index in [1.54, 1.807) is 19.1 Å². The number of hydrogen-bond donors (Lipinski definition) is 1. The highest BCUT2D eigenvalue weighted by atomic mass is 19.1. The predicted octanol–water partition coefficient (Wildman–Crippen LogP) is 1.41. The van der Waals surface area contributed by atoms with Gasteiger partial charge in [0, 0.05) is 6.54 Å². The molecular weight excluding hydrogens is 223 g/mol. The summed E-state index contributed by atoms with van der Waals surface area (Å²) in [4.78, 5) is 10.6. The van der Waals surface area contributed by atoms with E-state index in [1.165, 1.54) is 12.1 Å². The lowest BCUT2D eigenvalue weighted by Gasteiger charge is -2.06. The number of amides is 1. The van der Waals surface area contributed by atoms with Gasteiger partial charge in [0.25, 0.3) is 0 Å². The number of carbonyl (C=O) groups is 1. The summed E-state index contributed by atoms with van der Waals surface area (Å²) in [6, 6.07) is 6.09. The van der Waals surface area contributed by atoms with E-state index >= 15 is 0 Å². The van der Waals surface area contributed by atoms with Gasteiger partial charge in [0.2, 0.25) is 0 Å². The molecule has 1 N–H and O–H groups in total. The second kappa shape index (κ2) is 6.48. The summed E-state index contributed by atoms with van der Waals surface area (Å²) in [5.41, 5.74) is 0.740. The smallest absolute Gasteiger partial charge is 0.322 e. The Bertz CT molecular complexity index is 441. The number of nitrogens with zero attached hydrogens (tertiary/aromatic N) is 1. The Balaban J connectivity index is 2.53. The van der Waals surface area contributed by atoms with Crippen molar-refractivity contribution in [3.05, 3.63) is 29.6 Å². The van der Waals surface area contributed by atoms with E-state index in [-0.39, 0.29) is 5.75 Å². The van der Waals surface area contributed by atoms with E-state index < -0.39 is 11.7 Å². The highest BCUT2D eigenvalue weighted by Crippen LogP contribution is 2.18. The van der Waals surface area contributed by atoms with Crippen LogP contribution < -0.4 is 10.1 Å². The topological polar surface area (TPSA) is 62.1 Å². The second-order valence-electron chi connectivity index (χ2n) is 3.32. The van der Waals surface area contributed by atoms with Crippen molar-refractivity contribution in [1.29, 1.82) is 5.26 Å². The zero-order valence-corrected chi connectivity index (χ0v) is 9.50. The lowest BCUT2D eigenvalue weighted by atomic mass is 10.1. The molecular formula is C12H13FN2O2. The Labute approximate surface area is 99.0 Å². The molecule has 1 rings (SSSR count). The number of nitriles is 1. The van der Waals surface area contributed by atoms with Crippen molar-refractivity contribution in [3.63, 3.8) is 0 Å². The van der Waals surface area contributed by atoms with Crippen molar-refractivity contribution in [3.8, 4) is 11.8 Å². The average molecular weight is 236 g/mol. The van der Waals surface area contributed by atoms with Crippen LogP contribution in [0.2, 0.25) is 0 Å². The molecule has 0 heterocycles. The lowest BCUT2D eigenvalue weighted by molar-refractivity contribution is -0.115. The summed E-state index contributed by atoms with van der Waals surface area (Å²) in [7, 11) is 0. The quantitative estimate of drug-likeness (QED) is 0.786. The van der Waals surface area contributed by atoms with Crippen LogP contribution in [-0.4, -0.2) is 19.1 Å². The minimum absolute atomic E-state index is 0.220. The van der Waals surface area contributed by atoms with Crippen molar-refractivity contribution in [2.24, 2.45) is 0 Å². The molecule has 0 aliphatic rings. The highest BCUT2D eigenvalue weighted by Gasteiger charge is 2.04. The normalized spacial score (nSPS) is 9.47. The summed E-state index contributed by atoms with van der Waals surface area (Å²) in [5.74, 6) is -0.885. The molecule has 1 aromatic rings. The van der Waals surface area contributed by atoms with Crippen molar-refractivity contribution in [1.82, 2.24) is 5.32 Å². The molecule has 0 unspecified atom stereocenters. The van der Waals surface area contributed by atoms with Gasteiger partial charge in [-0.3, -0.25) is 4.79 Å². The maximum atomic E-state index is 13.4. The molecule has 17 heavy (non-hydrogen) atoms. The van der Waals surface area contributed by atoms with Crippen LogP contribution in [0.25, 0.3) is 0 Å². The van der Waals surface area contributed by atoms with Crippen LogP contribution in [-0.2, 0) is 11.2 Å². The minimum Gasteiger partial charge on any atom is -0.491 e. The maximum absolute atomic E-state index is 13.4. The van der Waals surface area contributed by atoms with Gasteiger partial charge in [-0.05, 0) is 31.0 Å². The van der Waals surface area contributed by atoms with Gasteiger partial charge in [-0.15, -0.1) is 0 Å². The summed E-state index contributed by atoms with van der Waals surface area (Å²) in [6.45, 7) is 2.50. The van der Waals surface area contributed by atoms with E-state index in [1.807, 2.05) is 0 Å². The van der Waals surface area contributed by atoms with Gasteiger partial charge in [0.15, 0.2) is 17.6 Å². The lowest BCUT2D eigenvalue weighted by Crippen LogP contribution is -2.23. The van der Waals surface area contributed by atoms with Crippen LogP contribution in [0, 0.1) is 17.1 Å². The van der Waals surface area contributed by atoms with E-state index in [2.05, 4.69) is 5.32 Å². The number of hydrogen-bond acceptors (Lipinski definition) is 3. The van der Waals surface area contributed by atoms with Crippen molar-refractivity contribution < 1.29 is 13.9 Å². The highest BCUT2D eigenvalue weighted by molar-refractivity contribution is 5.91. The van der Waals surface area contributed by atoms with E-state index in [4.69, 9.17) is 10.00 Å². The first-order valence-corrected chi connectivity index (χ1v) is 5.26. The van der Waals surface area contributed by atoms with E-state index in [0.29, 0.717) is 19.6 Å². The zero-order chi connectivity index (χ0) is 12.7. The number of rotatable bonds is 5. The van der Waals surface area contributed by atoms with Gasteiger partial charge in [0.05, 0.1) is 6.61 Å². The Hall–Kier alpha value is -2.09. The van der Waals surface area contributed by atoms with Gasteiger partial charge >= 0.3 is 5.91 Å². The van der Waals surface area contributed by atoms with Crippen LogP contribution in [0.5, 0.6) is 5.75 Å². The number of carbonyl (C=O) groups excluding carboxylic acids is 1. The monoisotopic (exact) mass is 236 g/mol. The summed E-state index contributed by atoms with van der Waals surface area (Å²) < 4.78 is 18.5. The van der Waals surface area contributed by atoms with Gasteiger partial charge < -0.3 is 10.1 Å². The largest absolute Gasteiger partial charge is 0.491 e. The molecule has 0 aromatic heterocycles. The van der Waals surface area contributed by atoms with Crippen LogP contribution in [0.4, 0.5) is 4.39 Å². The Morgan fingerprint density at radius 2 is 2.35 bits per heavy atom. The molecule has 0 aliphatic heterocycles. The first-order chi connectivity index (χ1) is 8.17. The van der Waals surface area contributed by atoms with E-state index in [0.717, 1.165) is 5.56 Å². The van der Waals surface area contributed by atoms with Crippen LogP contribution in [0.15, 0.2) is 18.2 Å². The van der Waals surface area contributed by atoms with Gasteiger partial charge in [-0.2, -0.15) is 5.26 Å². The van der Waals surface area contributed by atoms with Crippen molar-refractivity contribution in [2.75, 3.05) is 13.2 Å². The molecule has 0 saturated carbocycles. The van der Waals surface area contributed by atoms with Crippen molar-refractivity contribution >= 4 is 5.91 Å². The van der Waals surface area contributed by atoms with Gasteiger partial charge in [-0.1, -0.05) is 6.07 Å². The average Bonchev–Trinajstić information content (AvgIpc) is 2.32. The van der Waals surface area contributed by atoms with Gasteiger partial charge in [0.1, 0.15) is 0 Å². The molecule has 0 radical (unpaired) electrons. The molecule has 0 aliphatic carbocycles. The summed E-state index contributed by atoms with van der Waals surface area (Å²) >= 11 is 0. The number of ether oxygens (including phenoxy) is 1. The Morgan fingerprint density at radius 1 is 1.59 bits per heavy atom. The van der Waals surface area contributed by atoms with Crippen LogP contribution >= 0.6 is 0 Å². The Kier molecular flexibility index (Phi) is 4.95. The second-order valence-corrected chi connectivity index (χ2v) is 3.32. The molecule has 0 saturated heterocycles. The fraction of sp³-hybridized carbons (Fsp3) is 0.333. The van der Waals surface area contributed by atoms with Crippen molar-refractivity contribution in [2.45, 2.75) is 13.3 Å². The fourth-order valence-corrected chi connectivity index (χ4v) is 1.33. The molecule has 0 fully saturated rings. The third kappa shape index (κ3) is 4.11. The molecule has 0 bridgehead atoms. The van der Waals surface area contributed by atoms with E-state index in [9.17, 15) is 9.18 Å². The molecule has 1 aromatic carbocycles. The summed E-state index contributed by atoms with van der Waals surface area (Å²) in [5, 5.41) is 10.6. The summed E-state index contributed by atoms with van der Waals surface area (Å²) in [6.07, 6.45) is 0.469. The number of nitrogens with one attached hydrogen (secondary N) is 1. The Morgan fingerprint density at radius 3 is 2.94 bits per heavy atom. The number of halogens is 1. The van der Waals surface area contributed by atoms with Crippen LogP contribution in [0.3, 0.4) is 0 Å². The molecule has 1 amide bonds. The minimum atomic E-state index is -0.684. The molecule has 90 valence electrons. The fourth-order valence-electron chi connectivity index (χ4n) is 1.33.